The number of nitrogens with zero attached hydrogens (tertiary/aromatic N) is 2. The van der Waals surface area contributed by atoms with Crippen LogP contribution in [0.25, 0.3) is 22.2 Å². The number of rotatable bonds is 6. The number of H-pyrrole nitrogens is 1. The van der Waals surface area contributed by atoms with E-state index in [1.165, 1.54) is 33.4 Å². The van der Waals surface area contributed by atoms with E-state index in [0.717, 1.165) is 35.0 Å². The van der Waals surface area contributed by atoms with E-state index < -0.39 is 0 Å². The number of fused-ring (bicyclic) bond motifs is 2. The Labute approximate surface area is 217 Å². The molecule has 184 valence electrons. The molecule has 3 heterocycles. The van der Waals surface area contributed by atoms with Gasteiger partial charge in [0.1, 0.15) is 6.29 Å². The van der Waals surface area contributed by atoms with Crippen LogP contribution in [-0.2, 0) is 6.42 Å². The first-order valence-electron chi connectivity index (χ1n) is 12.9. The number of carbonyl (C=O) groups excluding carboxylic acids is 1. The number of hydrogen-bond acceptors (Lipinski definition) is 4. The van der Waals surface area contributed by atoms with E-state index in [4.69, 9.17) is 0 Å². The van der Waals surface area contributed by atoms with Crippen molar-refractivity contribution in [3.63, 3.8) is 0 Å². The summed E-state index contributed by atoms with van der Waals surface area (Å²) in [5.41, 5.74) is 11.1. The van der Waals surface area contributed by atoms with E-state index in [1.54, 1.807) is 0 Å². The molecule has 1 aliphatic rings. The first-order chi connectivity index (χ1) is 18.0. The summed E-state index contributed by atoms with van der Waals surface area (Å²) in [5.74, 6) is 0.775. The molecule has 0 spiro atoms. The van der Waals surface area contributed by atoms with Crippen LogP contribution in [0.5, 0.6) is 0 Å². The second kappa shape index (κ2) is 9.32. The van der Waals surface area contributed by atoms with Gasteiger partial charge in [0.2, 0.25) is 0 Å². The van der Waals surface area contributed by atoms with Gasteiger partial charge in [-0.2, -0.15) is 5.10 Å². The Kier molecular flexibility index (Phi) is 5.84. The maximum Gasteiger partial charge on any atom is 0.160 e. The zero-order valence-electron chi connectivity index (χ0n) is 21.3. The van der Waals surface area contributed by atoms with Crippen molar-refractivity contribution in [3.05, 3.63) is 113 Å². The summed E-state index contributed by atoms with van der Waals surface area (Å²) in [4.78, 5) is 14.5. The van der Waals surface area contributed by atoms with E-state index in [9.17, 15) is 4.79 Å². The minimum Gasteiger partial charge on any atom is -0.374 e. The molecule has 5 aromatic rings. The van der Waals surface area contributed by atoms with Gasteiger partial charge in [-0.15, -0.1) is 5.10 Å². The van der Waals surface area contributed by atoms with Crippen LogP contribution >= 0.6 is 0 Å². The molecule has 0 radical (unpaired) electrons. The number of aldehydes is 1. The van der Waals surface area contributed by atoms with Crippen LogP contribution in [0.15, 0.2) is 79.1 Å². The molecule has 0 fully saturated rings. The predicted octanol–water partition coefficient (Wildman–Crippen LogP) is 7.42. The Bertz CT molecular complexity index is 1580. The summed E-state index contributed by atoms with van der Waals surface area (Å²) < 4.78 is 0. The first kappa shape index (κ1) is 23.2. The molecule has 0 aliphatic carbocycles. The Hall–Kier alpha value is -4.25. The van der Waals surface area contributed by atoms with Crippen molar-refractivity contribution in [3.8, 4) is 11.1 Å². The van der Waals surface area contributed by atoms with Gasteiger partial charge < -0.3 is 10.3 Å². The highest BCUT2D eigenvalue weighted by atomic mass is 16.1. The molecule has 0 bridgehead atoms. The van der Waals surface area contributed by atoms with Gasteiger partial charge in [-0.25, -0.2) is 0 Å². The molecule has 5 heteroatoms. The standard InChI is InChI=1S/C32H30N4O/c1-19(2)22-11-13-24(14-12-22)31-27-16-33-32-30(27)26(17-34-36-32)29-25(5-4-6-28(29)35-31)15-20(3)23-9-7-21(18-37)8-10-23/h4-14,16-20,31,35H,15H2,1-3H3,(H,33,36). The number of nitrogens with one attached hydrogen (secondary N) is 2. The van der Waals surface area contributed by atoms with Crippen molar-refractivity contribution in [2.75, 3.05) is 5.32 Å². The average Bonchev–Trinajstić information content (AvgIpc) is 3.29. The van der Waals surface area contributed by atoms with E-state index in [0.29, 0.717) is 11.5 Å². The van der Waals surface area contributed by atoms with Gasteiger partial charge in [-0.3, -0.25) is 4.79 Å². The molecule has 3 aromatic carbocycles. The topological polar surface area (TPSA) is 70.7 Å². The van der Waals surface area contributed by atoms with Gasteiger partial charge in [0.15, 0.2) is 5.65 Å². The average molecular weight is 487 g/mol. The normalized spacial score (nSPS) is 15.2. The predicted molar refractivity (Wildman–Crippen MR) is 149 cm³/mol. The van der Waals surface area contributed by atoms with Crippen LogP contribution in [0.3, 0.4) is 0 Å². The molecule has 0 amide bonds. The maximum atomic E-state index is 11.1. The van der Waals surface area contributed by atoms with Crippen molar-refractivity contribution in [1.82, 2.24) is 15.2 Å². The molecule has 0 saturated carbocycles. The number of aromatic nitrogens is 3. The molecule has 1 aliphatic heterocycles. The van der Waals surface area contributed by atoms with Crippen molar-refractivity contribution < 1.29 is 4.79 Å². The third kappa shape index (κ3) is 4.10. The Morgan fingerprint density at radius 1 is 0.946 bits per heavy atom. The summed E-state index contributed by atoms with van der Waals surface area (Å²) >= 11 is 0. The fourth-order valence-electron chi connectivity index (χ4n) is 5.54. The van der Waals surface area contributed by atoms with Gasteiger partial charge in [-0.05, 0) is 46.6 Å². The molecular formula is C32H30N4O. The van der Waals surface area contributed by atoms with Crippen LogP contribution < -0.4 is 5.32 Å². The van der Waals surface area contributed by atoms with Gasteiger partial charge in [0, 0.05) is 39.5 Å². The quantitative estimate of drug-likeness (QED) is 0.245. The summed E-state index contributed by atoms with van der Waals surface area (Å²) in [5, 5.41) is 13.8. The number of hydrogen-bond donors (Lipinski definition) is 2. The first-order valence-corrected chi connectivity index (χ1v) is 12.9. The third-order valence-corrected chi connectivity index (χ3v) is 7.64. The molecule has 0 saturated heterocycles. The minimum atomic E-state index is -0.0114. The second-order valence-electron chi connectivity index (χ2n) is 10.4. The molecule has 2 unspecified atom stereocenters. The molecule has 37 heavy (non-hydrogen) atoms. The monoisotopic (exact) mass is 486 g/mol. The lowest BCUT2D eigenvalue weighted by Gasteiger charge is -2.22. The SMILES string of the molecule is CC(C)c1ccc(C2Nc3cccc(CC(C)c4ccc(C=O)cc4)c3-c3cnnc4[nH]cc2c34)cc1. The van der Waals surface area contributed by atoms with Crippen molar-refractivity contribution >= 4 is 23.0 Å². The van der Waals surface area contributed by atoms with E-state index >= 15 is 0 Å². The lowest BCUT2D eigenvalue weighted by molar-refractivity contribution is 0.112. The zero-order chi connectivity index (χ0) is 25.5. The van der Waals surface area contributed by atoms with Crippen molar-refractivity contribution in [2.45, 2.75) is 45.1 Å². The largest absolute Gasteiger partial charge is 0.374 e. The Balaban J connectivity index is 1.46. The summed E-state index contributed by atoms with van der Waals surface area (Å²) in [7, 11) is 0. The highest BCUT2D eigenvalue weighted by Gasteiger charge is 2.28. The fraction of sp³-hybridized carbons (Fsp3) is 0.219. The summed E-state index contributed by atoms with van der Waals surface area (Å²) in [6.45, 7) is 6.68. The second-order valence-corrected chi connectivity index (χ2v) is 10.4. The van der Waals surface area contributed by atoms with E-state index in [2.05, 4.69) is 102 Å². The van der Waals surface area contributed by atoms with Gasteiger partial charge >= 0.3 is 0 Å². The smallest absolute Gasteiger partial charge is 0.160 e. The van der Waals surface area contributed by atoms with Crippen LogP contribution in [0, 0.1) is 0 Å². The maximum absolute atomic E-state index is 11.1. The van der Waals surface area contributed by atoms with Crippen LogP contribution in [0.1, 0.15) is 76.8 Å². The number of anilines is 1. The fourth-order valence-corrected chi connectivity index (χ4v) is 5.54. The number of aromatic amines is 1. The lowest BCUT2D eigenvalue weighted by Crippen LogP contribution is -2.12. The van der Waals surface area contributed by atoms with Gasteiger partial charge in [0.05, 0.1) is 12.2 Å². The van der Waals surface area contributed by atoms with Crippen LogP contribution in [-0.4, -0.2) is 21.5 Å². The molecular weight excluding hydrogens is 456 g/mol. The van der Waals surface area contributed by atoms with Crippen LogP contribution in [0.2, 0.25) is 0 Å². The van der Waals surface area contributed by atoms with Crippen molar-refractivity contribution in [1.29, 1.82) is 0 Å². The molecule has 2 atom stereocenters. The minimum absolute atomic E-state index is 0.0114. The summed E-state index contributed by atoms with van der Waals surface area (Å²) in [6, 6.07) is 23.3. The third-order valence-electron chi connectivity index (χ3n) is 7.64. The lowest BCUT2D eigenvalue weighted by atomic mass is 9.88. The van der Waals surface area contributed by atoms with E-state index in [1.807, 2.05) is 18.3 Å². The Morgan fingerprint density at radius 2 is 1.70 bits per heavy atom. The number of benzene rings is 3. The molecule has 5 nitrogen and oxygen atoms in total. The molecule has 2 N–H and O–H groups in total. The van der Waals surface area contributed by atoms with Gasteiger partial charge in [0.25, 0.3) is 0 Å². The van der Waals surface area contributed by atoms with Crippen molar-refractivity contribution in [2.24, 2.45) is 0 Å². The van der Waals surface area contributed by atoms with Crippen LogP contribution in [0.4, 0.5) is 5.69 Å². The number of carbonyl (C=O) groups is 1. The highest BCUT2D eigenvalue weighted by Crippen LogP contribution is 2.45. The zero-order valence-corrected chi connectivity index (χ0v) is 21.3. The van der Waals surface area contributed by atoms with E-state index in [-0.39, 0.29) is 12.0 Å². The summed E-state index contributed by atoms with van der Waals surface area (Å²) in [6.07, 6.45) is 5.72. The Morgan fingerprint density at radius 3 is 2.43 bits per heavy atom. The molecule has 2 aromatic heterocycles. The van der Waals surface area contributed by atoms with Gasteiger partial charge in [-0.1, -0.05) is 81.4 Å². The molecule has 6 rings (SSSR count). The highest BCUT2D eigenvalue weighted by molar-refractivity contribution is 6.01.